The van der Waals surface area contributed by atoms with E-state index < -0.39 is 24.8 Å². The number of benzene rings is 2. The molecular weight excluding hydrogens is 351 g/mol. The summed E-state index contributed by atoms with van der Waals surface area (Å²) in [6.07, 6.45) is -4.84. The molecule has 2 N–H and O–H groups in total. The number of amides is 2. The maximum absolute atomic E-state index is 12.2. The van der Waals surface area contributed by atoms with Gasteiger partial charge in [-0.3, -0.25) is 0 Å². The van der Waals surface area contributed by atoms with E-state index in [2.05, 4.69) is 20.1 Å². The van der Waals surface area contributed by atoms with Crippen LogP contribution >= 0.6 is 0 Å². The fourth-order valence-corrected chi connectivity index (χ4v) is 1.78. The van der Waals surface area contributed by atoms with Crippen molar-refractivity contribution in [1.29, 1.82) is 0 Å². The Kier molecular flexibility index (Phi) is 5.63. The minimum atomic E-state index is -4.84. The van der Waals surface area contributed by atoms with Gasteiger partial charge >= 0.3 is 19.0 Å². The second-order valence-electron chi connectivity index (χ2n) is 4.56. The van der Waals surface area contributed by atoms with Crippen molar-refractivity contribution in [3.05, 3.63) is 48.5 Å². The average molecular weight is 362 g/mol. The normalized spacial score (nSPS) is 11.1. The van der Waals surface area contributed by atoms with Crippen molar-refractivity contribution >= 4 is 17.4 Å². The molecule has 0 aliphatic rings. The van der Waals surface area contributed by atoms with Crippen LogP contribution < -0.4 is 20.1 Å². The van der Waals surface area contributed by atoms with Gasteiger partial charge in [-0.15, -0.1) is 13.2 Å². The van der Waals surface area contributed by atoms with Gasteiger partial charge in [0.1, 0.15) is 11.5 Å². The number of hydrogen-bond donors (Lipinski definition) is 2. The van der Waals surface area contributed by atoms with E-state index in [1.54, 1.807) is 0 Å². The first kappa shape index (κ1) is 18.3. The van der Waals surface area contributed by atoms with Gasteiger partial charge in [0.25, 0.3) is 0 Å². The third kappa shape index (κ3) is 6.53. The lowest BCUT2D eigenvalue weighted by atomic mass is 10.3. The van der Waals surface area contributed by atoms with Crippen LogP contribution in [0.15, 0.2) is 48.5 Å². The van der Waals surface area contributed by atoms with Crippen molar-refractivity contribution in [3.63, 3.8) is 0 Å². The number of anilines is 2. The molecule has 25 heavy (non-hydrogen) atoms. The van der Waals surface area contributed by atoms with Gasteiger partial charge in [-0.2, -0.15) is 8.78 Å². The van der Waals surface area contributed by atoms with Crippen LogP contribution in [0.3, 0.4) is 0 Å². The summed E-state index contributed by atoms with van der Waals surface area (Å²) < 4.78 is 68.4. The molecule has 0 aromatic heterocycles. The van der Waals surface area contributed by atoms with Crippen LogP contribution in [0.5, 0.6) is 11.5 Å². The highest BCUT2D eigenvalue weighted by molar-refractivity contribution is 5.99. The van der Waals surface area contributed by atoms with E-state index in [-0.39, 0.29) is 17.1 Å². The first-order valence-electron chi connectivity index (χ1n) is 6.70. The summed E-state index contributed by atoms with van der Waals surface area (Å²) >= 11 is 0. The molecule has 0 saturated carbocycles. The summed E-state index contributed by atoms with van der Waals surface area (Å²) in [6, 6.07) is 9.05. The Morgan fingerprint density at radius 3 is 2.16 bits per heavy atom. The zero-order valence-corrected chi connectivity index (χ0v) is 12.3. The highest BCUT2D eigenvalue weighted by Crippen LogP contribution is 2.25. The predicted octanol–water partition coefficient (Wildman–Crippen LogP) is 4.83. The Bertz CT molecular complexity index is 720. The summed E-state index contributed by atoms with van der Waals surface area (Å²) in [5, 5.41) is 4.70. The first-order chi connectivity index (χ1) is 11.7. The van der Waals surface area contributed by atoms with Crippen molar-refractivity contribution in [2.45, 2.75) is 13.0 Å². The van der Waals surface area contributed by atoms with Crippen LogP contribution in [0.4, 0.5) is 38.1 Å². The third-order valence-corrected chi connectivity index (χ3v) is 2.66. The van der Waals surface area contributed by atoms with Gasteiger partial charge in [-0.1, -0.05) is 6.07 Å². The summed E-state index contributed by atoms with van der Waals surface area (Å²) in [4.78, 5) is 11.8. The van der Waals surface area contributed by atoms with Crippen LogP contribution in [0.25, 0.3) is 0 Å². The number of rotatable bonds is 5. The molecule has 2 aromatic carbocycles. The SMILES string of the molecule is O=C(Nc1ccc(OC(F)F)cc1)Nc1cccc(OC(F)(F)F)c1. The van der Waals surface area contributed by atoms with Crippen molar-refractivity contribution in [1.82, 2.24) is 0 Å². The largest absolute Gasteiger partial charge is 0.573 e. The van der Waals surface area contributed by atoms with Crippen molar-refractivity contribution in [3.8, 4) is 11.5 Å². The van der Waals surface area contributed by atoms with E-state index in [0.29, 0.717) is 0 Å². The maximum atomic E-state index is 12.2. The Morgan fingerprint density at radius 1 is 0.920 bits per heavy atom. The molecule has 2 amide bonds. The molecule has 0 heterocycles. The van der Waals surface area contributed by atoms with E-state index in [4.69, 9.17) is 0 Å². The van der Waals surface area contributed by atoms with E-state index in [9.17, 15) is 26.7 Å². The molecule has 2 aromatic rings. The number of urea groups is 1. The molecule has 0 unspecified atom stereocenters. The smallest absolute Gasteiger partial charge is 0.435 e. The average Bonchev–Trinajstić information content (AvgIpc) is 2.47. The van der Waals surface area contributed by atoms with Gasteiger partial charge in [0, 0.05) is 17.4 Å². The number of ether oxygens (including phenoxy) is 2. The van der Waals surface area contributed by atoms with Gasteiger partial charge in [0.2, 0.25) is 0 Å². The summed E-state index contributed by atoms with van der Waals surface area (Å²) in [6.45, 7) is -2.96. The van der Waals surface area contributed by atoms with Crippen LogP contribution in [0.1, 0.15) is 0 Å². The number of carbonyl (C=O) groups is 1. The molecule has 0 spiro atoms. The van der Waals surface area contributed by atoms with E-state index in [0.717, 1.165) is 12.1 Å². The van der Waals surface area contributed by atoms with Crippen LogP contribution in [-0.2, 0) is 0 Å². The topological polar surface area (TPSA) is 59.6 Å². The number of nitrogens with one attached hydrogen (secondary N) is 2. The molecule has 5 nitrogen and oxygen atoms in total. The molecule has 2 rings (SSSR count). The van der Waals surface area contributed by atoms with E-state index >= 15 is 0 Å². The molecule has 0 fully saturated rings. The number of carbonyl (C=O) groups excluding carboxylic acids is 1. The van der Waals surface area contributed by atoms with Crippen molar-refractivity contribution in [2.75, 3.05) is 10.6 Å². The molecule has 134 valence electrons. The molecule has 0 aliphatic carbocycles. The van der Waals surface area contributed by atoms with Crippen molar-refractivity contribution < 1.29 is 36.2 Å². The van der Waals surface area contributed by atoms with Gasteiger partial charge in [-0.05, 0) is 36.4 Å². The zero-order valence-electron chi connectivity index (χ0n) is 12.3. The van der Waals surface area contributed by atoms with Crippen LogP contribution in [0.2, 0.25) is 0 Å². The van der Waals surface area contributed by atoms with Gasteiger partial charge in [0.15, 0.2) is 0 Å². The molecular formula is C15H11F5N2O3. The highest BCUT2D eigenvalue weighted by atomic mass is 19.4. The Hall–Kier alpha value is -3.04. The summed E-state index contributed by atoms with van der Waals surface area (Å²) in [5.41, 5.74) is 0.332. The zero-order chi connectivity index (χ0) is 18.4. The van der Waals surface area contributed by atoms with Crippen LogP contribution in [-0.4, -0.2) is 19.0 Å². The fraction of sp³-hybridized carbons (Fsp3) is 0.133. The van der Waals surface area contributed by atoms with Gasteiger partial charge < -0.3 is 20.1 Å². The summed E-state index contributed by atoms with van der Waals surface area (Å²) in [5.74, 6) is -0.572. The maximum Gasteiger partial charge on any atom is 0.573 e. The predicted molar refractivity (Wildman–Crippen MR) is 78.8 cm³/mol. The number of hydrogen-bond acceptors (Lipinski definition) is 3. The summed E-state index contributed by atoms with van der Waals surface area (Å²) in [7, 11) is 0. The lowest BCUT2D eigenvalue weighted by molar-refractivity contribution is -0.274. The first-order valence-corrected chi connectivity index (χ1v) is 6.70. The highest BCUT2D eigenvalue weighted by Gasteiger charge is 2.31. The minimum Gasteiger partial charge on any atom is -0.435 e. The van der Waals surface area contributed by atoms with Gasteiger partial charge in [-0.25, -0.2) is 4.79 Å². The molecule has 0 aliphatic heterocycles. The van der Waals surface area contributed by atoms with E-state index in [1.807, 2.05) is 0 Å². The molecule has 0 atom stereocenters. The standard InChI is InChI=1S/C15H11F5N2O3/c16-13(17)24-11-6-4-9(5-7-11)21-14(23)22-10-2-1-3-12(8-10)25-15(18,19)20/h1-8,13H,(H2,21,22,23). The van der Waals surface area contributed by atoms with Crippen molar-refractivity contribution in [2.24, 2.45) is 0 Å². The van der Waals surface area contributed by atoms with Gasteiger partial charge in [0.05, 0.1) is 0 Å². The van der Waals surface area contributed by atoms with E-state index in [1.165, 1.54) is 36.4 Å². The fourth-order valence-electron chi connectivity index (χ4n) is 1.78. The Labute approximate surface area is 138 Å². The second-order valence-corrected chi connectivity index (χ2v) is 4.56. The monoisotopic (exact) mass is 362 g/mol. The lowest BCUT2D eigenvalue weighted by Gasteiger charge is -2.11. The number of halogens is 5. The molecule has 10 heteroatoms. The lowest BCUT2D eigenvalue weighted by Crippen LogP contribution is -2.20. The second kappa shape index (κ2) is 7.69. The molecule has 0 bridgehead atoms. The third-order valence-electron chi connectivity index (χ3n) is 2.66. The number of alkyl halides is 5. The Balaban J connectivity index is 1.95. The Morgan fingerprint density at radius 2 is 1.56 bits per heavy atom. The molecule has 0 radical (unpaired) electrons. The molecule has 0 saturated heterocycles. The minimum absolute atomic E-state index is 0.0666. The quantitative estimate of drug-likeness (QED) is 0.749. The van der Waals surface area contributed by atoms with Crippen LogP contribution in [0, 0.1) is 0 Å².